The lowest BCUT2D eigenvalue weighted by molar-refractivity contribution is -0.137. The normalized spacial score (nSPS) is 31.2. The summed E-state index contributed by atoms with van der Waals surface area (Å²) < 4.78 is 7.05. The highest BCUT2D eigenvalue weighted by Gasteiger charge is 2.47. The number of nitrogens with one attached hydrogen (secondary N) is 1. The number of imidazole rings is 1. The average molecular weight is 459 g/mol. The molecule has 1 amide bonds. The summed E-state index contributed by atoms with van der Waals surface area (Å²) in [6, 6.07) is 0. The van der Waals surface area contributed by atoms with Crippen LogP contribution in [0.2, 0.25) is 0 Å². The van der Waals surface area contributed by atoms with Gasteiger partial charge in [-0.25, -0.2) is 15.0 Å². The minimum Gasteiger partial charge on any atom is -0.387 e. The van der Waals surface area contributed by atoms with Crippen LogP contribution in [0.5, 0.6) is 0 Å². The molecule has 178 valence electrons. The number of fused-ring (bicyclic) bond motifs is 1. The van der Waals surface area contributed by atoms with E-state index < -0.39 is 36.0 Å². The van der Waals surface area contributed by atoms with Crippen molar-refractivity contribution in [2.75, 3.05) is 12.3 Å². The molecular weight excluding hydrogens is 428 g/mol. The summed E-state index contributed by atoms with van der Waals surface area (Å²) in [6.45, 7) is 6.31. The van der Waals surface area contributed by atoms with Crippen LogP contribution in [0.4, 0.5) is 5.82 Å². The Bertz CT molecular complexity index is 1120. The molecule has 2 aromatic rings. The van der Waals surface area contributed by atoms with Gasteiger partial charge in [0.2, 0.25) is 5.82 Å². The molecule has 1 saturated carbocycles. The van der Waals surface area contributed by atoms with Gasteiger partial charge in [0, 0.05) is 6.54 Å². The molecule has 11 heteroatoms. The van der Waals surface area contributed by atoms with Crippen molar-refractivity contribution in [3.05, 3.63) is 12.2 Å². The summed E-state index contributed by atoms with van der Waals surface area (Å²) in [5.74, 6) is 5.39. The molecule has 1 saturated heterocycles. The van der Waals surface area contributed by atoms with Crippen LogP contribution in [0.3, 0.4) is 0 Å². The van der Waals surface area contributed by atoms with Crippen molar-refractivity contribution in [3.63, 3.8) is 0 Å². The molecule has 1 aliphatic heterocycles. The fourth-order valence-corrected chi connectivity index (χ4v) is 4.67. The van der Waals surface area contributed by atoms with E-state index in [1.807, 2.05) is 0 Å². The van der Waals surface area contributed by atoms with E-state index in [0.29, 0.717) is 19.4 Å². The number of anilines is 1. The highest BCUT2D eigenvalue weighted by atomic mass is 16.6. The average Bonchev–Trinajstić information content (AvgIpc) is 3.27. The molecule has 11 nitrogen and oxygen atoms in total. The van der Waals surface area contributed by atoms with Gasteiger partial charge in [0.05, 0.1) is 6.33 Å². The molecule has 1 aliphatic carbocycles. The Morgan fingerprint density at radius 2 is 2.09 bits per heavy atom. The quantitative estimate of drug-likeness (QED) is 0.393. The van der Waals surface area contributed by atoms with E-state index in [1.165, 1.54) is 10.9 Å². The summed E-state index contributed by atoms with van der Waals surface area (Å²) in [4.78, 5) is 25.0. The minimum atomic E-state index is -1.43. The summed E-state index contributed by atoms with van der Waals surface area (Å²) >= 11 is 0. The Labute approximate surface area is 191 Å². The van der Waals surface area contributed by atoms with E-state index in [9.17, 15) is 20.1 Å². The molecule has 0 radical (unpaired) electrons. The summed E-state index contributed by atoms with van der Waals surface area (Å²) in [6.07, 6.45) is -0.820. The van der Waals surface area contributed by atoms with E-state index in [2.05, 4.69) is 46.0 Å². The first-order chi connectivity index (χ1) is 15.5. The molecule has 5 atom stereocenters. The number of ether oxygens (including phenoxy) is 1. The van der Waals surface area contributed by atoms with Crippen molar-refractivity contribution in [2.24, 2.45) is 5.41 Å². The Balaban J connectivity index is 1.66. The molecule has 2 aromatic heterocycles. The maximum Gasteiger partial charge on any atom is 0.252 e. The standard InChI is InChI=1S/C22H30N6O5/c1-4-24-19(31)16-14(29)15(30)20(33-16)28-11-25-13-17(23)26-12(27-18(13)28)6-9-22(32)8-5-7-21(2,3)10-22/h11,14-16,20,29-30,32H,4-5,7-8,10H2,1-3H3,(H,24,31)(H2,23,26,27)/t14-,15+,16+,20-,22?/m1/s1. The number of nitrogens with two attached hydrogens (primary N) is 1. The second-order valence-corrected chi connectivity index (χ2v) is 9.56. The summed E-state index contributed by atoms with van der Waals surface area (Å²) in [7, 11) is 0. The molecule has 3 heterocycles. The van der Waals surface area contributed by atoms with E-state index in [1.54, 1.807) is 6.92 Å². The van der Waals surface area contributed by atoms with Gasteiger partial charge >= 0.3 is 0 Å². The van der Waals surface area contributed by atoms with Crippen LogP contribution >= 0.6 is 0 Å². The molecule has 0 spiro atoms. The predicted octanol–water partition coefficient (Wildman–Crippen LogP) is -0.153. The predicted molar refractivity (Wildman–Crippen MR) is 118 cm³/mol. The number of aliphatic hydroxyl groups is 3. The highest BCUT2D eigenvalue weighted by molar-refractivity contribution is 5.83. The molecule has 1 unspecified atom stereocenters. The van der Waals surface area contributed by atoms with Crippen LogP contribution in [0.1, 0.15) is 58.5 Å². The largest absolute Gasteiger partial charge is 0.387 e. The van der Waals surface area contributed by atoms with Gasteiger partial charge in [-0.2, -0.15) is 0 Å². The number of nitrogen functional groups attached to an aromatic ring is 1. The molecule has 4 rings (SSSR count). The molecule has 6 N–H and O–H groups in total. The highest BCUT2D eigenvalue weighted by Crippen LogP contribution is 2.40. The van der Waals surface area contributed by atoms with Crippen LogP contribution in [-0.2, 0) is 9.53 Å². The lowest BCUT2D eigenvalue weighted by atomic mass is 9.70. The van der Waals surface area contributed by atoms with Crippen LogP contribution in [0.15, 0.2) is 6.33 Å². The molecule has 2 aliphatic rings. The molecule has 2 fully saturated rings. The van der Waals surface area contributed by atoms with Gasteiger partial charge in [0.1, 0.15) is 23.3 Å². The Morgan fingerprint density at radius 3 is 2.79 bits per heavy atom. The summed E-state index contributed by atoms with van der Waals surface area (Å²) in [5, 5.41) is 34.4. The topological polar surface area (TPSA) is 169 Å². The van der Waals surface area contributed by atoms with Crippen molar-refractivity contribution >= 4 is 22.9 Å². The van der Waals surface area contributed by atoms with Crippen molar-refractivity contribution in [2.45, 2.75) is 76.6 Å². The number of aromatic nitrogens is 4. The van der Waals surface area contributed by atoms with Gasteiger partial charge in [-0.1, -0.05) is 19.8 Å². The minimum absolute atomic E-state index is 0.0124. The Hall–Kier alpha value is -2.78. The van der Waals surface area contributed by atoms with E-state index in [0.717, 1.165) is 12.8 Å². The first-order valence-corrected chi connectivity index (χ1v) is 11.1. The number of carbonyl (C=O) groups is 1. The SMILES string of the molecule is CCNC(=O)[C@H]1O[C@@H](n2cnc3c(N)nc(C#CC4(O)CCCC(C)(C)C4)nc32)[C@@H](O)[C@H]1O. The molecule has 0 aromatic carbocycles. The fourth-order valence-electron chi connectivity index (χ4n) is 4.67. The van der Waals surface area contributed by atoms with Crippen molar-refractivity contribution < 1.29 is 24.9 Å². The van der Waals surface area contributed by atoms with Crippen molar-refractivity contribution in [3.8, 4) is 11.8 Å². The van der Waals surface area contributed by atoms with E-state index >= 15 is 0 Å². The number of amides is 1. The van der Waals surface area contributed by atoms with E-state index in [-0.39, 0.29) is 28.2 Å². The Kier molecular flexibility index (Phi) is 6.05. The lowest BCUT2D eigenvalue weighted by Gasteiger charge is -2.38. The summed E-state index contributed by atoms with van der Waals surface area (Å²) in [5.41, 5.74) is 5.41. The first-order valence-electron chi connectivity index (χ1n) is 11.1. The number of rotatable bonds is 3. The fraction of sp³-hybridized carbons (Fsp3) is 0.636. The van der Waals surface area contributed by atoms with Crippen molar-refractivity contribution in [1.29, 1.82) is 0 Å². The lowest BCUT2D eigenvalue weighted by Crippen LogP contribution is -2.42. The van der Waals surface area contributed by atoms with Crippen LogP contribution in [0, 0.1) is 17.3 Å². The third kappa shape index (κ3) is 4.52. The first kappa shape index (κ1) is 23.4. The number of hydrogen-bond acceptors (Lipinski definition) is 9. The molecule has 33 heavy (non-hydrogen) atoms. The second-order valence-electron chi connectivity index (χ2n) is 9.56. The maximum absolute atomic E-state index is 12.2. The maximum atomic E-state index is 12.2. The van der Waals surface area contributed by atoms with Gasteiger partial charge in [0.25, 0.3) is 5.91 Å². The van der Waals surface area contributed by atoms with Gasteiger partial charge in [-0.3, -0.25) is 9.36 Å². The zero-order chi connectivity index (χ0) is 24.0. The van der Waals surface area contributed by atoms with Crippen molar-refractivity contribution in [1.82, 2.24) is 24.8 Å². The zero-order valence-corrected chi connectivity index (χ0v) is 18.9. The van der Waals surface area contributed by atoms with Gasteiger partial charge in [0.15, 0.2) is 23.8 Å². The van der Waals surface area contributed by atoms with Gasteiger partial charge in [-0.05, 0) is 43.9 Å². The number of likely N-dealkylation sites (N-methyl/N-ethyl adjacent to an activating group) is 1. The molecular formula is C22H30N6O5. The zero-order valence-electron chi connectivity index (χ0n) is 18.9. The third-order valence-corrected chi connectivity index (χ3v) is 6.19. The van der Waals surface area contributed by atoms with Crippen LogP contribution < -0.4 is 11.1 Å². The van der Waals surface area contributed by atoms with E-state index in [4.69, 9.17) is 10.5 Å². The molecule has 0 bridgehead atoms. The number of hydrogen-bond donors (Lipinski definition) is 5. The van der Waals surface area contributed by atoms with Crippen LogP contribution in [-0.4, -0.2) is 71.2 Å². The monoisotopic (exact) mass is 458 g/mol. The number of nitrogens with zero attached hydrogens (tertiary/aromatic N) is 4. The number of carbonyl (C=O) groups excluding carboxylic acids is 1. The van der Waals surface area contributed by atoms with Gasteiger partial charge in [-0.15, -0.1) is 0 Å². The second kappa shape index (κ2) is 8.53. The Morgan fingerprint density at radius 1 is 1.33 bits per heavy atom. The number of aliphatic hydroxyl groups excluding tert-OH is 2. The van der Waals surface area contributed by atoms with Crippen LogP contribution in [0.25, 0.3) is 11.2 Å². The van der Waals surface area contributed by atoms with Gasteiger partial charge < -0.3 is 31.1 Å². The smallest absolute Gasteiger partial charge is 0.252 e. The third-order valence-electron chi connectivity index (χ3n) is 6.19.